The summed E-state index contributed by atoms with van der Waals surface area (Å²) < 4.78 is 2.34. The predicted octanol–water partition coefficient (Wildman–Crippen LogP) is 13.0. The van der Waals surface area contributed by atoms with Gasteiger partial charge in [0, 0.05) is 33.2 Å². The van der Waals surface area contributed by atoms with E-state index < -0.39 is 5.41 Å². The van der Waals surface area contributed by atoms with Crippen LogP contribution in [0.25, 0.3) is 94.3 Å². The molecule has 0 fully saturated rings. The van der Waals surface area contributed by atoms with Crippen molar-refractivity contribution in [2.75, 3.05) is 0 Å². The van der Waals surface area contributed by atoms with Crippen molar-refractivity contribution in [3.05, 3.63) is 216 Å². The van der Waals surface area contributed by atoms with Crippen LogP contribution in [0.4, 0.5) is 0 Å². The normalized spacial score (nSPS) is 13.3. The molecule has 268 valence electrons. The summed E-state index contributed by atoms with van der Waals surface area (Å²) in [4.78, 5) is 15.7. The van der Waals surface area contributed by atoms with Gasteiger partial charge in [-0.15, -0.1) is 0 Å². The van der Waals surface area contributed by atoms with Crippen molar-refractivity contribution in [1.29, 1.82) is 0 Å². The summed E-state index contributed by atoms with van der Waals surface area (Å²) in [6.45, 7) is 0. The van der Waals surface area contributed by atoms with Crippen molar-refractivity contribution in [2.24, 2.45) is 0 Å². The molecule has 9 aromatic carbocycles. The Hall–Kier alpha value is -7.69. The second kappa shape index (κ2) is 11.7. The maximum atomic E-state index is 5.33. The molecule has 0 unspecified atom stereocenters. The van der Waals surface area contributed by atoms with Crippen LogP contribution >= 0.6 is 0 Å². The second-order valence-corrected chi connectivity index (χ2v) is 15.5. The third-order valence-corrected chi connectivity index (χ3v) is 12.6. The van der Waals surface area contributed by atoms with Crippen molar-refractivity contribution in [2.45, 2.75) is 5.41 Å². The van der Waals surface area contributed by atoms with E-state index in [0.717, 1.165) is 38.8 Å². The summed E-state index contributed by atoms with van der Waals surface area (Å²) in [6.07, 6.45) is 0. The lowest BCUT2D eigenvalue weighted by molar-refractivity contribution is 0.797. The van der Waals surface area contributed by atoms with Gasteiger partial charge in [-0.05, 0) is 97.4 Å². The Kier molecular flexibility index (Phi) is 6.34. The number of nitrogens with zero attached hydrogens (tertiary/aromatic N) is 4. The summed E-state index contributed by atoms with van der Waals surface area (Å²) in [7, 11) is 0. The van der Waals surface area contributed by atoms with Gasteiger partial charge in [-0.2, -0.15) is 0 Å². The fourth-order valence-electron chi connectivity index (χ4n) is 10.2. The molecule has 2 heterocycles. The molecule has 2 aromatic heterocycles. The number of hydrogen-bond acceptors (Lipinski definition) is 3. The van der Waals surface area contributed by atoms with Gasteiger partial charge < -0.3 is 4.57 Å². The van der Waals surface area contributed by atoms with Gasteiger partial charge in [0.15, 0.2) is 17.5 Å². The van der Waals surface area contributed by atoms with Gasteiger partial charge in [-0.25, -0.2) is 15.0 Å². The molecule has 0 atom stereocenters. The van der Waals surface area contributed by atoms with Crippen LogP contribution in [-0.2, 0) is 5.41 Å². The molecule has 0 radical (unpaired) electrons. The minimum atomic E-state index is -0.471. The van der Waals surface area contributed by atoms with Crippen LogP contribution < -0.4 is 0 Å². The highest BCUT2D eigenvalue weighted by molar-refractivity contribution is 6.17. The van der Waals surface area contributed by atoms with Crippen LogP contribution in [0.2, 0.25) is 0 Å². The van der Waals surface area contributed by atoms with Crippen molar-refractivity contribution < 1.29 is 0 Å². The lowest BCUT2D eigenvalue weighted by Crippen LogP contribution is -2.26. The SMILES string of the molecule is c1ccc(-c2nc(-c3ccc4c(c3)C3(c5ccccc5-4)c4cccc5ccc6cccc3c6c45)nc(-c3ccc4c(c3)c3ccccc3n4-c3ccccc3)n2)cc1. The van der Waals surface area contributed by atoms with Gasteiger partial charge in [0.1, 0.15) is 0 Å². The molecule has 2 aliphatic carbocycles. The van der Waals surface area contributed by atoms with E-state index in [9.17, 15) is 0 Å². The number of hydrogen-bond donors (Lipinski definition) is 0. The average molecular weight is 737 g/mol. The van der Waals surface area contributed by atoms with Crippen LogP contribution in [0, 0.1) is 0 Å². The van der Waals surface area contributed by atoms with Crippen molar-refractivity contribution in [1.82, 2.24) is 19.5 Å². The molecular formula is C54H32N4. The Morgan fingerprint density at radius 3 is 1.64 bits per heavy atom. The number of fused-ring (bicyclic) bond motifs is 10. The summed E-state index contributed by atoms with van der Waals surface area (Å²) in [5, 5.41) is 7.58. The van der Waals surface area contributed by atoms with Crippen molar-refractivity contribution in [3.8, 4) is 51.0 Å². The summed E-state index contributed by atoms with van der Waals surface area (Å²) in [6, 6.07) is 70.1. The number of rotatable bonds is 4. The quantitative estimate of drug-likeness (QED) is 0.169. The zero-order valence-corrected chi connectivity index (χ0v) is 31.3. The highest BCUT2D eigenvalue weighted by Crippen LogP contribution is 2.62. The maximum Gasteiger partial charge on any atom is 0.164 e. The fourth-order valence-corrected chi connectivity index (χ4v) is 10.2. The zero-order chi connectivity index (χ0) is 38.0. The van der Waals surface area contributed by atoms with E-state index in [2.05, 4.69) is 180 Å². The molecule has 4 heteroatoms. The molecule has 0 bridgehead atoms. The molecule has 58 heavy (non-hydrogen) atoms. The minimum absolute atomic E-state index is 0.471. The first-order chi connectivity index (χ1) is 28.8. The first-order valence-electron chi connectivity index (χ1n) is 19.9. The predicted molar refractivity (Wildman–Crippen MR) is 236 cm³/mol. The molecular weight excluding hydrogens is 705 g/mol. The Morgan fingerprint density at radius 2 is 0.897 bits per heavy atom. The molecule has 13 rings (SSSR count). The molecule has 0 saturated carbocycles. The molecule has 0 aliphatic heterocycles. The second-order valence-electron chi connectivity index (χ2n) is 15.5. The topological polar surface area (TPSA) is 43.6 Å². The van der Waals surface area contributed by atoms with E-state index in [0.29, 0.717) is 17.5 Å². The Labute approximate surface area is 334 Å². The van der Waals surface area contributed by atoms with E-state index in [1.165, 1.54) is 60.3 Å². The number of benzene rings is 9. The van der Waals surface area contributed by atoms with E-state index in [1.807, 2.05) is 18.2 Å². The smallest absolute Gasteiger partial charge is 0.164 e. The van der Waals surface area contributed by atoms with Gasteiger partial charge in [-0.1, -0.05) is 152 Å². The van der Waals surface area contributed by atoms with Crippen molar-refractivity contribution >= 4 is 43.4 Å². The largest absolute Gasteiger partial charge is 0.309 e. The molecule has 1 spiro atoms. The molecule has 0 N–H and O–H groups in total. The monoisotopic (exact) mass is 736 g/mol. The lowest BCUT2D eigenvalue weighted by Gasteiger charge is -2.31. The number of aromatic nitrogens is 4. The third kappa shape index (κ3) is 4.16. The van der Waals surface area contributed by atoms with Gasteiger partial charge in [-0.3, -0.25) is 0 Å². The van der Waals surface area contributed by atoms with Gasteiger partial charge in [0.25, 0.3) is 0 Å². The highest BCUT2D eigenvalue weighted by atomic mass is 15.0. The molecule has 2 aliphatic rings. The van der Waals surface area contributed by atoms with Gasteiger partial charge >= 0.3 is 0 Å². The van der Waals surface area contributed by atoms with Crippen LogP contribution in [0.3, 0.4) is 0 Å². The third-order valence-electron chi connectivity index (χ3n) is 12.6. The summed E-state index contributed by atoms with van der Waals surface area (Å²) >= 11 is 0. The molecule has 11 aromatic rings. The Morgan fingerprint density at radius 1 is 0.345 bits per heavy atom. The Balaban J connectivity index is 1.05. The Bertz CT molecular complexity index is 3450. The summed E-state index contributed by atoms with van der Waals surface area (Å²) in [5.74, 6) is 1.94. The van der Waals surface area contributed by atoms with Crippen LogP contribution in [-0.4, -0.2) is 19.5 Å². The molecule has 0 amide bonds. The van der Waals surface area contributed by atoms with Crippen molar-refractivity contribution in [3.63, 3.8) is 0 Å². The van der Waals surface area contributed by atoms with Crippen LogP contribution in [0.5, 0.6) is 0 Å². The van der Waals surface area contributed by atoms with Crippen LogP contribution in [0.15, 0.2) is 194 Å². The first kappa shape index (κ1) is 31.5. The van der Waals surface area contributed by atoms with Crippen LogP contribution in [0.1, 0.15) is 22.3 Å². The van der Waals surface area contributed by atoms with E-state index in [1.54, 1.807) is 0 Å². The standard InChI is InChI=1S/C54H32N4/c1-3-13-35(14-4-1)51-55-52(36-28-30-48-42(31-36)41-20-8-10-24-47(41)58(48)38-17-5-2-6-18-38)57-53(56-51)37-27-29-40-39-19-7-9-21-43(39)54(46(40)32-37)44-22-11-15-33-25-26-34-16-12-23-45(54)50(34)49(33)44/h1-32H. The molecule has 4 nitrogen and oxygen atoms in total. The maximum absolute atomic E-state index is 5.33. The van der Waals surface area contributed by atoms with E-state index in [4.69, 9.17) is 15.0 Å². The first-order valence-corrected chi connectivity index (χ1v) is 19.9. The van der Waals surface area contributed by atoms with Gasteiger partial charge in [0.2, 0.25) is 0 Å². The highest BCUT2D eigenvalue weighted by Gasteiger charge is 2.50. The van der Waals surface area contributed by atoms with Gasteiger partial charge in [0.05, 0.1) is 16.4 Å². The zero-order valence-electron chi connectivity index (χ0n) is 31.3. The summed E-state index contributed by atoms with van der Waals surface area (Å²) in [5.41, 5.74) is 13.6. The number of para-hydroxylation sites is 2. The fraction of sp³-hybridized carbons (Fsp3) is 0.0185. The van der Waals surface area contributed by atoms with E-state index >= 15 is 0 Å². The lowest BCUT2D eigenvalue weighted by atomic mass is 9.70. The van der Waals surface area contributed by atoms with E-state index in [-0.39, 0.29) is 0 Å². The average Bonchev–Trinajstić information content (AvgIpc) is 3.91. The molecule has 0 saturated heterocycles. The minimum Gasteiger partial charge on any atom is -0.309 e.